The number of nitrogens with zero attached hydrogens (tertiary/aromatic N) is 2. The molecule has 0 unspecified atom stereocenters. The van der Waals surface area contributed by atoms with Crippen LogP contribution in [0.3, 0.4) is 0 Å². The van der Waals surface area contributed by atoms with Crippen molar-refractivity contribution in [3.05, 3.63) is 95.7 Å². The van der Waals surface area contributed by atoms with Gasteiger partial charge in [0.25, 0.3) is 5.91 Å². The maximum atomic E-state index is 13.7. The van der Waals surface area contributed by atoms with E-state index in [4.69, 9.17) is 9.47 Å². The summed E-state index contributed by atoms with van der Waals surface area (Å²) in [4.78, 5) is 20.2. The van der Waals surface area contributed by atoms with E-state index in [-0.39, 0.29) is 11.8 Å². The molecule has 2 heterocycles. The van der Waals surface area contributed by atoms with Crippen molar-refractivity contribution in [1.29, 1.82) is 0 Å². The van der Waals surface area contributed by atoms with Crippen LogP contribution in [0.25, 0.3) is 22.0 Å². The van der Waals surface area contributed by atoms with Gasteiger partial charge in [-0.1, -0.05) is 42.5 Å². The summed E-state index contributed by atoms with van der Waals surface area (Å²) in [5.41, 5.74) is 6.11. The highest BCUT2D eigenvalue weighted by Gasteiger charge is 2.25. The van der Waals surface area contributed by atoms with Crippen molar-refractivity contribution in [2.75, 3.05) is 33.4 Å². The number of fused-ring (bicyclic) bond motifs is 1. The van der Waals surface area contributed by atoms with E-state index in [9.17, 15) is 4.79 Å². The van der Waals surface area contributed by atoms with E-state index in [1.54, 1.807) is 7.11 Å². The van der Waals surface area contributed by atoms with Crippen LogP contribution >= 0.6 is 0 Å². The molecule has 3 aromatic carbocycles. The summed E-state index contributed by atoms with van der Waals surface area (Å²) < 4.78 is 11.2. The molecular weight excluding hydrogens is 436 g/mol. The fraction of sp³-hybridized carbons (Fsp3) is 0.267. The number of ether oxygens (including phenoxy) is 2. The molecule has 4 aromatic rings. The van der Waals surface area contributed by atoms with Gasteiger partial charge in [-0.05, 0) is 65.9 Å². The third-order valence-corrected chi connectivity index (χ3v) is 6.83. The van der Waals surface area contributed by atoms with Crippen molar-refractivity contribution in [3.63, 3.8) is 0 Å². The normalized spacial score (nSPS) is 16.2. The molecule has 1 saturated heterocycles. The van der Waals surface area contributed by atoms with E-state index < -0.39 is 0 Å². The van der Waals surface area contributed by atoms with Gasteiger partial charge in [-0.15, -0.1) is 0 Å². The van der Waals surface area contributed by atoms with Crippen LogP contribution in [-0.2, 0) is 11.2 Å². The molecule has 1 aromatic heterocycles. The molecule has 0 bridgehead atoms. The quantitative estimate of drug-likeness (QED) is 0.387. The van der Waals surface area contributed by atoms with Gasteiger partial charge >= 0.3 is 0 Å². The number of aromatic nitrogens is 1. The second-order valence-corrected chi connectivity index (χ2v) is 9.09. The largest absolute Gasteiger partial charge is 0.497 e. The van der Waals surface area contributed by atoms with Crippen LogP contribution in [0, 0.1) is 12.8 Å². The Labute approximate surface area is 206 Å². The van der Waals surface area contributed by atoms with E-state index in [0.29, 0.717) is 26.3 Å². The smallest absolute Gasteiger partial charge is 0.254 e. The Kier molecular flexibility index (Phi) is 6.77. The summed E-state index contributed by atoms with van der Waals surface area (Å²) >= 11 is 0. The lowest BCUT2D eigenvalue weighted by Gasteiger charge is -2.25. The molecule has 1 aliphatic rings. The van der Waals surface area contributed by atoms with Gasteiger partial charge in [0.1, 0.15) is 5.75 Å². The van der Waals surface area contributed by atoms with Crippen molar-refractivity contribution in [1.82, 2.24) is 9.88 Å². The number of hydrogen-bond acceptors (Lipinski definition) is 4. The van der Waals surface area contributed by atoms with E-state index in [0.717, 1.165) is 39.9 Å². The monoisotopic (exact) mass is 466 g/mol. The van der Waals surface area contributed by atoms with Crippen molar-refractivity contribution in [2.45, 2.75) is 13.3 Å². The van der Waals surface area contributed by atoms with Gasteiger partial charge in [-0.2, -0.15) is 0 Å². The van der Waals surface area contributed by atoms with Gasteiger partial charge in [-0.3, -0.25) is 9.78 Å². The number of carbonyl (C=O) groups excluding carboxylic acids is 1. The SMILES string of the molecule is COc1ccc(-c2cccc(C(=O)N3CCOC[C@@H](Cc4cccc5ncccc45)C3)c2C)cc1. The molecule has 1 fully saturated rings. The molecule has 1 amide bonds. The molecule has 0 saturated carbocycles. The van der Waals surface area contributed by atoms with Crippen molar-refractivity contribution in [2.24, 2.45) is 5.92 Å². The fourth-order valence-electron chi connectivity index (χ4n) is 4.97. The van der Waals surface area contributed by atoms with E-state index >= 15 is 0 Å². The second kappa shape index (κ2) is 10.3. The Hall–Kier alpha value is -3.70. The lowest BCUT2D eigenvalue weighted by Crippen LogP contribution is -2.36. The van der Waals surface area contributed by atoms with Crippen molar-refractivity contribution >= 4 is 16.8 Å². The van der Waals surface area contributed by atoms with Crippen LogP contribution < -0.4 is 4.74 Å². The molecule has 1 atom stereocenters. The van der Waals surface area contributed by atoms with Crippen LogP contribution in [0.4, 0.5) is 0 Å². The van der Waals surface area contributed by atoms with Gasteiger partial charge in [0.15, 0.2) is 0 Å². The Bertz CT molecular complexity index is 1330. The maximum absolute atomic E-state index is 13.7. The Morgan fingerprint density at radius 3 is 2.71 bits per heavy atom. The summed E-state index contributed by atoms with van der Waals surface area (Å²) in [6, 6.07) is 24.3. The Balaban J connectivity index is 1.38. The zero-order valence-corrected chi connectivity index (χ0v) is 20.2. The highest BCUT2D eigenvalue weighted by atomic mass is 16.5. The molecule has 1 aliphatic heterocycles. The average Bonchev–Trinajstić information content (AvgIpc) is 3.14. The van der Waals surface area contributed by atoms with Gasteiger partial charge in [-0.25, -0.2) is 0 Å². The Morgan fingerprint density at radius 2 is 1.89 bits per heavy atom. The highest BCUT2D eigenvalue weighted by molar-refractivity contribution is 5.97. The molecule has 0 spiro atoms. The first kappa shape index (κ1) is 23.1. The number of benzene rings is 3. The third-order valence-electron chi connectivity index (χ3n) is 6.83. The predicted octanol–water partition coefficient (Wildman–Crippen LogP) is 5.55. The minimum atomic E-state index is 0.0629. The molecular formula is C30H30N2O3. The standard InChI is InChI=1S/C30H30N2O3/c1-21-26(23-11-13-25(34-2)14-12-23)7-4-8-27(21)30(33)32-16-17-35-20-22(19-32)18-24-6-3-10-29-28(24)9-5-15-31-29/h3-15,22H,16-20H2,1-2H3/t22-/m0/s1. The first-order chi connectivity index (χ1) is 17.1. The summed E-state index contributed by atoms with van der Waals surface area (Å²) in [7, 11) is 1.66. The molecule has 0 radical (unpaired) electrons. The van der Waals surface area contributed by atoms with Gasteiger partial charge in [0, 0.05) is 36.2 Å². The number of amides is 1. The first-order valence-electron chi connectivity index (χ1n) is 12.1. The first-order valence-corrected chi connectivity index (χ1v) is 12.1. The molecule has 0 aliphatic carbocycles. The van der Waals surface area contributed by atoms with Crippen LogP contribution in [0.15, 0.2) is 79.0 Å². The summed E-state index contributed by atoms with van der Waals surface area (Å²) in [5, 5.41) is 1.17. The lowest BCUT2D eigenvalue weighted by molar-refractivity contribution is 0.0736. The number of methoxy groups -OCH3 is 1. The number of hydrogen-bond donors (Lipinski definition) is 0. The minimum Gasteiger partial charge on any atom is -0.497 e. The van der Waals surface area contributed by atoms with Crippen molar-refractivity contribution < 1.29 is 14.3 Å². The third kappa shape index (κ3) is 4.91. The van der Waals surface area contributed by atoms with Crippen LogP contribution in [0.1, 0.15) is 21.5 Å². The van der Waals surface area contributed by atoms with Gasteiger partial charge < -0.3 is 14.4 Å². The second-order valence-electron chi connectivity index (χ2n) is 9.09. The van der Waals surface area contributed by atoms with Crippen LogP contribution in [0.2, 0.25) is 0 Å². The topological polar surface area (TPSA) is 51.7 Å². The molecule has 35 heavy (non-hydrogen) atoms. The van der Waals surface area contributed by atoms with Crippen LogP contribution in [-0.4, -0.2) is 49.2 Å². The number of carbonyl (C=O) groups is 1. The van der Waals surface area contributed by atoms with Gasteiger partial charge in [0.2, 0.25) is 0 Å². The summed E-state index contributed by atoms with van der Waals surface area (Å²) in [5.74, 6) is 1.10. The van der Waals surface area contributed by atoms with E-state index in [2.05, 4.69) is 29.2 Å². The summed E-state index contributed by atoms with van der Waals surface area (Å²) in [6.45, 7) is 4.49. The summed E-state index contributed by atoms with van der Waals surface area (Å²) in [6.07, 6.45) is 2.67. The van der Waals surface area contributed by atoms with Crippen molar-refractivity contribution in [3.8, 4) is 16.9 Å². The highest BCUT2D eigenvalue weighted by Crippen LogP contribution is 2.29. The van der Waals surface area contributed by atoms with Crippen LogP contribution in [0.5, 0.6) is 5.75 Å². The van der Waals surface area contributed by atoms with Gasteiger partial charge in [0.05, 0.1) is 25.8 Å². The Morgan fingerprint density at radius 1 is 1.06 bits per heavy atom. The molecule has 5 nitrogen and oxygen atoms in total. The van der Waals surface area contributed by atoms with E-state index in [1.807, 2.05) is 66.6 Å². The number of rotatable bonds is 5. The molecule has 178 valence electrons. The lowest BCUT2D eigenvalue weighted by atomic mass is 9.94. The van der Waals surface area contributed by atoms with E-state index in [1.165, 1.54) is 10.9 Å². The maximum Gasteiger partial charge on any atom is 0.254 e. The zero-order chi connectivity index (χ0) is 24.2. The number of pyridine rings is 1. The minimum absolute atomic E-state index is 0.0629. The average molecular weight is 467 g/mol. The molecule has 5 rings (SSSR count). The molecule has 0 N–H and O–H groups in total. The zero-order valence-electron chi connectivity index (χ0n) is 20.2. The molecule has 5 heteroatoms. The fourth-order valence-corrected chi connectivity index (χ4v) is 4.97. The predicted molar refractivity (Wildman–Crippen MR) is 139 cm³/mol.